The van der Waals surface area contributed by atoms with E-state index in [9.17, 15) is 4.79 Å². The van der Waals surface area contributed by atoms with Crippen molar-refractivity contribution in [2.24, 2.45) is 11.8 Å². The van der Waals surface area contributed by atoms with Crippen LogP contribution in [-0.2, 0) is 11.2 Å². The Morgan fingerprint density at radius 2 is 2.00 bits per heavy atom. The summed E-state index contributed by atoms with van der Waals surface area (Å²) in [6.45, 7) is 4.07. The van der Waals surface area contributed by atoms with Gasteiger partial charge in [-0.3, -0.25) is 4.79 Å². The van der Waals surface area contributed by atoms with Crippen molar-refractivity contribution in [2.75, 3.05) is 26.2 Å². The van der Waals surface area contributed by atoms with E-state index in [1.165, 1.54) is 5.56 Å². The van der Waals surface area contributed by atoms with Gasteiger partial charge in [0.05, 0.1) is 0 Å². The highest BCUT2D eigenvalue weighted by atomic mass is 79.9. The van der Waals surface area contributed by atoms with Crippen molar-refractivity contribution in [2.45, 2.75) is 12.8 Å². The van der Waals surface area contributed by atoms with Gasteiger partial charge in [-0.05, 0) is 36.0 Å². The Hall–Kier alpha value is -0.580. The second-order valence-corrected chi connectivity index (χ2v) is 6.52. The molecular weight excluding hydrogens is 340 g/mol. The van der Waals surface area contributed by atoms with Crippen LogP contribution in [0.5, 0.6) is 0 Å². The lowest BCUT2D eigenvalue weighted by Gasteiger charge is -2.17. The number of nitrogens with one attached hydrogen (secondary N) is 1. The summed E-state index contributed by atoms with van der Waals surface area (Å²) in [5.74, 6) is 1.69. The molecule has 0 radical (unpaired) electrons. The topological polar surface area (TPSA) is 32.3 Å². The molecule has 1 amide bonds. The Labute approximate surface area is 134 Å². The maximum absolute atomic E-state index is 12.2. The SMILES string of the molecule is Cl.O=C(CCc1cccc(Br)c1)N1C[C@H]2CNC[C@H]2C1. The third kappa shape index (κ3) is 3.54. The van der Waals surface area contributed by atoms with Crippen LogP contribution in [0.3, 0.4) is 0 Å². The maximum atomic E-state index is 12.2. The fourth-order valence-electron chi connectivity index (χ4n) is 3.16. The molecule has 0 saturated carbocycles. The van der Waals surface area contributed by atoms with Gasteiger partial charge in [-0.1, -0.05) is 28.1 Å². The fraction of sp³-hybridized carbons (Fsp3) is 0.533. The number of halogens is 2. The number of rotatable bonds is 3. The molecule has 1 N–H and O–H groups in total. The molecule has 2 saturated heterocycles. The van der Waals surface area contributed by atoms with Crippen molar-refractivity contribution >= 4 is 34.2 Å². The summed E-state index contributed by atoms with van der Waals surface area (Å²) in [7, 11) is 0. The highest BCUT2D eigenvalue weighted by Crippen LogP contribution is 2.26. The molecule has 5 heteroatoms. The average molecular weight is 360 g/mol. The van der Waals surface area contributed by atoms with E-state index in [0.29, 0.717) is 24.2 Å². The summed E-state index contributed by atoms with van der Waals surface area (Å²) >= 11 is 3.47. The van der Waals surface area contributed by atoms with Crippen molar-refractivity contribution in [3.05, 3.63) is 34.3 Å². The first kappa shape index (κ1) is 15.8. The number of hydrogen-bond donors (Lipinski definition) is 1. The normalized spacial score (nSPS) is 24.4. The highest BCUT2D eigenvalue weighted by molar-refractivity contribution is 9.10. The standard InChI is InChI=1S/C15H19BrN2O.ClH/c16-14-3-1-2-11(6-14)4-5-15(19)18-9-12-7-17-8-13(12)10-18;/h1-3,6,12-13,17H,4-5,7-10H2;1H/t12-,13+;. The van der Waals surface area contributed by atoms with Crippen molar-refractivity contribution in [1.82, 2.24) is 10.2 Å². The van der Waals surface area contributed by atoms with Gasteiger partial charge in [0.1, 0.15) is 0 Å². The van der Waals surface area contributed by atoms with E-state index in [4.69, 9.17) is 0 Å². The summed E-state index contributed by atoms with van der Waals surface area (Å²) in [5.41, 5.74) is 1.23. The summed E-state index contributed by atoms with van der Waals surface area (Å²) in [5, 5.41) is 3.40. The van der Waals surface area contributed by atoms with Gasteiger partial charge in [-0.2, -0.15) is 0 Å². The first-order chi connectivity index (χ1) is 9.22. The van der Waals surface area contributed by atoms with Crippen molar-refractivity contribution in [3.8, 4) is 0 Å². The monoisotopic (exact) mass is 358 g/mol. The molecule has 1 aromatic rings. The molecule has 0 spiro atoms. The summed E-state index contributed by atoms with van der Waals surface area (Å²) < 4.78 is 1.08. The van der Waals surface area contributed by atoms with E-state index < -0.39 is 0 Å². The lowest BCUT2D eigenvalue weighted by Crippen LogP contribution is -2.31. The first-order valence-electron chi connectivity index (χ1n) is 6.95. The number of amides is 1. The van der Waals surface area contributed by atoms with E-state index >= 15 is 0 Å². The van der Waals surface area contributed by atoms with Crippen LogP contribution in [0, 0.1) is 11.8 Å². The minimum Gasteiger partial charge on any atom is -0.342 e. The van der Waals surface area contributed by atoms with Crippen LogP contribution in [0.2, 0.25) is 0 Å². The molecule has 110 valence electrons. The lowest BCUT2D eigenvalue weighted by molar-refractivity contribution is -0.130. The van der Waals surface area contributed by atoms with Crippen LogP contribution in [0.1, 0.15) is 12.0 Å². The number of nitrogens with zero attached hydrogens (tertiary/aromatic N) is 1. The Morgan fingerprint density at radius 1 is 1.30 bits per heavy atom. The van der Waals surface area contributed by atoms with Crippen LogP contribution < -0.4 is 5.32 Å². The molecule has 0 unspecified atom stereocenters. The summed E-state index contributed by atoms with van der Waals surface area (Å²) in [6.07, 6.45) is 1.46. The van der Waals surface area contributed by atoms with Crippen LogP contribution in [0.4, 0.5) is 0 Å². The van der Waals surface area contributed by atoms with Gasteiger partial charge in [0, 0.05) is 37.1 Å². The minimum atomic E-state index is 0. The average Bonchev–Trinajstić information content (AvgIpc) is 2.96. The third-order valence-corrected chi connectivity index (χ3v) is 4.75. The number of aryl methyl sites for hydroxylation is 1. The molecule has 0 aliphatic carbocycles. The Balaban J connectivity index is 0.00000147. The second kappa shape index (κ2) is 6.92. The fourth-order valence-corrected chi connectivity index (χ4v) is 3.61. The lowest BCUT2D eigenvalue weighted by atomic mass is 10.0. The predicted octanol–water partition coefficient (Wildman–Crippen LogP) is 2.48. The number of likely N-dealkylation sites (tertiary alicyclic amines) is 1. The molecule has 1 aromatic carbocycles. The molecular formula is C15H20BrClN2O. The van der Waals surface area contributed by atoms with Crippen LogP contribution in [-0.4, -0.2) is 37.0 Å². The smallest absolute Gasteiger partial charge is 0.222 e. The number of hydrogen-bond acceptors (Lipinski definition) is 2. The van der Waals surface area contributed by atoms with E-state index in [-0.39, 0.29) is 12.4 Å². The number of carbonyl (C=O) groups excluding carboxylic acids is 1. The minimum absolute atomic E-state index is 0. The van der Waals surface area contributed by atoms with Gasteiger partial charge in [0.25, 0.3) is 0 Å². The first-order valence-corrected chi connectivity index (χ1v) is 7.74. The Bertz CT molecular complexity index is 471. The van der Waals surface area contributed by atoms with E-state index in [0.717, 1.165) is 37.1 Å². The molecule has 20 heavy (non-hydrogen) atoms. The molecule has 3 rings (SSSR count). The van der Waals surface area contributed by atoms with Crippen molar-refractivity contribution in [3.63, 3.8) is 0 Å². The van der Waals surface area contributed by atoms with Gasteiger partial charge >= 0.3 is 0 Å². The van der Waals surface area contributed by atoms with Gasteiger partial charge in [0.15, 0.2) is 0 Å². The van der Waals surface area contributed by atoms with Crippen molar-refractivity contribution in [1.29, 1.82) is 0 Å². The zero-order chi connectivity index (χ0) is 13.2. The van der Waals surface area contributed by atoms with E-state index in [2.05, 4.69) is 38.3 Å². The zero-order valence-electron chi connectivity index (χ0n) is 11.3. The number of fused-ring (bicyclic) bond motifs is 1. The van der Waals surface area contributed by atoms with Crippen LogP contribution >= 0.6 is 28.3 Å². The molecule has 0 aromatic heterocycles. The quantitative estimate of drug-likeness (QED) is 0.899. The maximum Gasteiger partial charge on any atom is 0.222 e. The van der Waals surface area contributed by atoms with Crippen molar-refractivity contribution < 1.29 is 4.79 Å². The van der Waals surface area contributed by atoms with Gasteiger partial charge in [0.2, 0.25) is 5.91 Å². The Morgan fingerprint density at radius 3 is 2.65 bits per heavy atom. The van der Waals surface area contributed by atoms with E-state index in [1.807, 2.05) is 12.1 Å². The third-order valence-electron chi connectivity index (χ3n) is 4.26. The molecule has 2 aliphatic rings. The molecule has 2 aliphatic heterocycles. The largest absolute Gasteiger partial charge is 0.342 e. The number of benzene rings is 1. The summed E-state index contributed by atoms with van der Waals surface area (Å²) in [4.78, 5) is 14.3. The Kier molecular flexibility index (Phi) is 5.47. The van der Waals surface area contributed by atoms with Gasteiger partial charge < -0.3 is 10.2 Å². The predicted molar refractivity (Wildman–Crippen MR) is 86.1 cm³/mol. The van der Waals surface area contributed by atoms with Crippen LogP contribution in [0.15, 0.2) is 28.7 Å². The number of carbonyl (C=O) groups is 1. The highest BCUT2D eigenvalue weighted by Gasteiger charge is 2.37. The molecule has 3 nitrogen and oxygen atoms in total. The van der Waals surface area contributed by atoms with Gasteiger partial charge in [-0.25, -0.2) is 0 Å². The van der Waals surface area contributed by atoms with E-state index in [1.54, 1.807) is 0 Å². The zero-order valence-corrected chi connectivity index (χ0v) is 13.8. The molecule has 2 heterocycles. The van der Waals surface area contributed by atoms with Gasteiger partial charge in [-0.15, -0.1) is 12.4 Å². The second-order valence-electron chi connectivity index (χ2n) is 5.61. The van der Waals surface area contributed by atoms with Crippen LogP contribution in [0.25, 0.3) is 0 Å². The summed E-state index contributed by atoms with van der Waals surface area (Å²) in [6, 6.07) is 8.21. The molecule has 2 atom stereocenters. The molecule has 2 fully saturated rings. The molecule has 0 bridgehead atoms.